The van der Waals surface area contributed by atoms with Crippen LogP contribution in [0.4, 0.5) is 5.00 Å². The lowest BCUT2D eigenvalue weighted by molar-refractivity contribution is -0.139. The van der Waals surface area contributed by atoms with Crippen LogP contribution in [0.2, 0.25) is 0 Å². The second-order valence-corrected chi connectivity index (χ2v) is 8.48. The number of amides is 1. The summed E-state index contributed by atoms with van der Waals surface area (Å²) >= 11 is 4.68. The minimum atomic E-state index is -1.10. The summed E-state index contributed by atoms with van der Waals surface area (Å²) in [4.78, 5) is 24.4. The quantitative estimate of drug-likeness (QED) is 0.464. The molecule has 0 aliphatic heterocycles. The lowest BCUT2D eigenvalue weighted by Gasteiger charge is -2.09. The highest BCUT2D eigenvalue weighted by molar-refractivity contribution is 9.10. The minimum Gasteiger partial charge on any atom is -0.481 e. The fourth-order valence-corrected chi connectivity index (χ4v) is 4.87. The van der Waals surface area contributed by atoms with Gasteiger partial charge in [-0.2, -0.15) is 10.5 Å². The predicted molar refractivity (Wildman–Crippen MR) is 115 cm³/mol. The van der Waals surface area contributed by atoms with Gasteiger partial charge in [0.05, 0.1) is 10.0 Å². The Morgan fingerprint density at radius 3 is 2.73 bits per heavy atom. The molecule has 3 rings (SSSR count). The highest BCUT2D eigenvalue weighted by Crippen LogP contribution is 2.37. The lowest BCUT2D eigenvalue weighted by Crippen LogP contribution is -2.13. The van der Waals surface area contributed by atoms with Crippen molar-refractivity contribution in [2.75, 3.05) is 11.9 Å². The summed E-state index contributed by atoms with van der Waals surface area (Å²) < 4.78 is 5.63. The Labute approximate surface area is 185 Å². The molecule has 1 heterocycles. The van der Waals surface area contributed by atoms with Gasteiger partial charge in [0.25, 0.3) is 5.91 Å². The first-order valence-electron chi connectivity index (χ1n) is 9.05. The van der Waals surface area contributed by atoms with Crippen LogP contribution in [0, 0.1) is 22.7 Å². The van der Waals surface area contributed by atoms with Crippen LogP contribution in [-0.4, -0.2) is 23.6 Å². The second-order valence-electron chi connectivity index (χ2n) is 6.52. The molecule has 2 aromatic rings. The molecule has 9 heteroatoms. The molecule has 0 spiro atoms. The monoisotopic (exact) mass is 485 g/mol. The smallest absolute Gasteiger partial charge is 0.341 e. The Kier molecular flexibility index (Phi) is 6.88. The minimum absolute atomic E-state index is 0.114. The van der Waals surface area contributed by atoms with Crippen molar-refractivity contribution in [2.24, 2.45) is 0 Å². The van der Waals surface area contributed by atoms with Crippen molar-refractivity contribution in [2.45, 2.75) is 25.7 Å². The predicted octanol–water partition coefficient (Wildman–Crippen LogP) is 4.27. The average molecular weight is 486 g/mol. The summed E-state index contributed by atoms with van der Waals surface area (Å²) in [6.07, 6.45) is 5.23. The summed E-state index contributed by atoms with van der Waals surface area (Å²) in [6.45, 7) is -0.481. The maximum absolute atomic E-state index is 12.7. The number of hydrogen-bond donors (Lipinski definition) is 2. The second kappa shape index (κ2) is 9.57. The molecule has 0 saturated heterocycles. The van der Waals surface area contributed by atoms with E-state index in [2.05, 4.69) is 27.3 Å². The van der Waals surface area contributed by atoms with Crippen LogP contribution >= 0.6 is 27.3 Å². The molecule has 0 saturated carbocycles. The summed E-state index contributed by atoms with van der Waals surface area (Å²) in [5.41, 5.74) is 1.94. The number of aliphatic carboxylic acids is 1. The van der Waals surface area contributed by atoms with Gasteiger partial charge in [-0.15, -0.1) is 11.3 Å². The maximum atomic E-state index is 12.7. The molecule has 1 amide bonds. The molecule has 1 aromatic heterocycles. The van der Waals surface area contributed by atoms with Gasteiger partial charge in [0.2, 0.25) is 0 Å². The summed E-state index contributed by atoms with van der Waals surface area (Å²) in [5.74, 6) is -1.35. The van der Waals surface area contributed by atoms with Crippen molar-refractivity contribution in [1.82, 2.24) is 0 Å². The van der Waals surface area contributed by atoms with Gasteiger partial charge in [-0.3, -0.25) is 4.79 Å². The van der Waals surface area contributed by atoms with Gasteiger partial charge in [0.1, 0.15) is 28.5 Å². The SMILES string of the molecule is N#C/C(=C\c1ccc(OCC(=O)O)c(Br)c1)C(=O)Nc1sc2c(c1C#N)CCCC2. The number of fused-ring (bicyclic) bond motifs is 1. The van der Waals surface area contributed by atoms with Crippen molar-refractivity contribution >= 4 is 50.2 Å². The summed E-state index contributed by atoms with van der Waals surface area (Å²) in [5, 5.41) is 30.9. The molecule has 0 radical (unpaired) electrons. The van der Waals surface area contributed by atoms with Crippen LogP contribution in [0.5, 0.6) is 5.75 Å². The number of thiophene rings is 1. The number of anilines is 1. The third-order valence-electron chi connectivity index (χ3n) is 4.49. The van der Waals surface area contributed by atoms with E-state index in [1.165, 1.54) is 17.4 Å². The van der Waals surface area contributed by atoms with Crippen LogP contribution in [0.3, 0.4) is 0 Å². The van der Waals surface area contributed by atoms with Crippen molar-refractivity contribution < 1.29 is 19.4 Å². The first-order valence-corrected chi connectivity index (χ1v) is 10.7. The number of rotatable bonds is 6. The fourth-order valence-electron chi connectivity index (χ4n) is 3.12. The van der Waals surface area contributed by atoms with Crippen LogP contribution in [-0.2, 0) is 22.4 Å². The van der Waals surface area contributed by atoms with E-state index in [0.29, 0.717) is 26.4 Å². The summed E-state index contributed by atoms with van der Waals surface area (Å²) in [7, 11) is 0. The average Bonchev–Trinajstić information content (AvgIpc) is 3.07. The van der Waals surface area contributed by atoms with E-state index in [0.717, 1.165) is 36.1 Å². The number of benzene rings is 1. The molecule has 0 unspecified atom stereocenters. The Balaban J connectivity index is 1.80. The summed E-state index contributed by atoms with van der Waals surface area (Å²) in [6, 6.07) is 8.85. The third-order valence-corrected chi connectivity index (χ3v) is 6.32. The molecule has 1 aliphatic carbocycles. The van der Waals surface area contributed by atoms with Crippen molar-refractivity contribution in [3.05, 3.63) is 49.8 Å². The molecule has 0 bridgehead atoms. The van der Waals surface area contributed by atoms with E-state index in [1.807, 2.05) is 6.07 Å². The molecule has 30 heavy (non-hydrogen) atoms. The first kappa shape index (κ1) is 21.6. The Hall–Kier alpha value is -3.14. The lowest BCUT2D eigenvalue weighted by atomic mass is 9.96. The number of ether oxygens (including phenoxy) is 1. The van der Waals surface area contributed by atoms with E-state index in [1.54, 1.807) is 18.2 Å². The highest BCUT2D eigenvalue weighted by atomic mass is 79.9. The van der Waals surface area contributed by atoms with Gasteiger partial charge in [0.15, 0.2) is 6.61 Å². The van der Waals surface area contributed by atoms with Crippen LogP contribution < -0.4 is 10.1 Å². The normalized spacial score (nSPS) is 13.0. The zero-order valence-electron chi connectivity index (χ0n) is 15.7. The third kappa shape index (κ3) is 4.88. The molecule has 1 aromatic carbocycles. The molecule has 0 atom stereocenters. The number of nitrogens with zero attached hydrogens (tertiary/aromatic N) is 2. The Morgan fingerprint density at radius 1 is 1.30 bits per heavy atom. The van der Waals surface area contributed by atoms with Crippen molar-refractivity contribution in [3.8, 4) is 17.9 Å². The molecule has 2 N–H and O–H groups in total. The van der Waals surface area contributed by atoms with Gasteiger partial charge in [0, 0.05) is 4.88 Å². The first-order chi connectivity index (χ1) is 14.4. The molecular formula is C21H16BrN3O4S. The van der Waals surface area contributed by atoms with Gasteiger partial charge >= 0.3 is 5.97 Å². The number of carbonyl (C=O) groups is 2. The number of aryl methyl sites for hydroxylation is 1. The van der Waals surface area contributed by atoms with E-state index in [4.69, 9.17) is 9.84 Å². The zero-order chi connectivity index (χ0) is 21.7. The standard InChI is InChI=1S/C21H16BrN3O4S/c22-16-8-12(5-6-17(16)29-11-19(26)27)7-13(9-23)20(28)25-21-15(10-24)14-3-1-2-4-18(14)30-21/h5-8H,1-4,11H2,(H,25,28)(H,26,27)/b13-7+. The zero-order valence-corrected chi connectivity index (χ0v) is 18.1. The van der Waals surface area contributed by atoms with E-state index < -0.39 is 18.5 Å². The molecule has 0 fully saturated rings. The number of carboxylic acid groups (broad SMARTS) is 1. The van der Waals surface area contributed by atoms with E-state index >= 15 is 0 Å². The Bertz CT molecular complexity index is 1120. The highest BCUT2D eigenvalue weighted by Gasteiger charge is 2.22. The van der Waals surface area contributed by atoms with Gasteiger partial charge < -0.3 is 15.2 Å². The number of halogens is 1. The van der Waals surface area contributed by atoms with Gasteiger partial charge in [-0.25, -0.2) is 4.79 Å². The number of nitrogens with one attached hydrogen (secondary N) is 1. The van der Waals surface area contributed by atoms with Crippen molar-refractivity contribution in [1.29, 1.82) is 10.5 Å². The topological polar surface area (TPSA) is 123 Å². The number of hydrogen-bond acceptors (Lipinski definition) is 6. The van der Waals surface area contributed by atoms with E-state index in [-0.39, 0.29) is 5.57 Å². The number of carbonyl (C=O) groups excluding carboxylic acids is 1. The molecular weight excluding hydrogens is 470 g/mol. The van der Waals surface area contributed by atoms with E-state index in [9.17, 15) is 20.1 Å². The van der Waals surface area contributed by atoms with Gasteiger partial charge in [-0.05, 0) is 70.9 Å². The fraction of sp³-hybridized carbons (Fsp3) is 0.238. The Morgan fingerprint density at radius 2 is 2.07 bits per heavy atom. The van der Waals surface area contributed by atoms with Gasteiger partial charge in [-0.1, -0.05) is 6.07 Å². The number of nitriles is 2. The number of carboxylic acids is 1. The maximum Gasteiger partial charge on any atom is 0.341 e. The largest absolute Gasteiger partial charge is 0.481 e. The van der Waals surface area contributed by atoms with Crippen LogP contribution in [0.1, 0.15) is 34.4 Å². The molecule has 1 aliphatic rings. The van der Waals surface area contributed by atoms with Crippen molar-refractivity contribution in [3.63, 3.8) is 0 Å². The molecule has 7 nitrogen and oxygen atoms in total. The molecule has 152 valence electrons. The van der Waals surface area contributed by atoms with Crippen LogP contribution in [0.15, 0.2) is 28.2 Å². The van der Waals surface area contributed by atoms with Crippen LogP contribution in [0.25, 0.3) is 6.08 Å².